The molecule has 7 heteroatoms. The highest BCUT2D eigenvalue weighted by molar-refractivity contribution is 8.19. The van der Waals surface area contributed by atoms with Gasteiger partial charge in [0.15, 0.2) is 15.6 Å². The van der Waals surface area contributed by atoms with Crippen molar-refractivity contribution in [3.8, 4) is 0 Å². The number of rotatable bonds is 3. The van der Waals surface area contributed by atoms with Gasteiger partial charge in [0.05, 0.1) is 6.61 Å². The van der Waals surface area contributed by atoms with Crippen LogP contribution in [0.4, 0.5) is 0 Å². The molecule has 20 heavy (non-hydrogen) atoms. The monoisotopic (exact) mass is 316 g/mol. The summed E-state index contributed by atoms with van der Waals surface area (Å²) in [5, 5.41) is -0.739. The second-order valence-electron chi connectivity index (χ2n) is 4.66. The van der Waals surface area contributed by atoms with Gasteiger partial charge in [-0.15, -0.1) is 0 Å². The normalized spacial score (nSPS) is 23.2. The molecule has 0 aromatic heterocycles. The topological polar surface area (TPSA) is 77.5 Å². The van der Waals surface area contributed by atoms with Gasteiger partial charge in [-0.05, 0) is 25.3 Å². The minimum Gasteiger partial charge on any atom is -0.465 e. The highest BCUT2D eigenvalue weighted by atomic mass is 32.3. The molecule has 0 amide bonds. The van der Waals surface area contributed by atoms with Crippen LogP contribution >= 0.6 is 11.8 Å². The number of esters is 1. The van der Waals surface area contributed by atoms with Crippen LogP contribution in [0.25, 0.3) is 0 Å². The Morgan fingerprint density at radius 2 is 2.20 bits per heavy atom. The van der Waals surface area contributed by atoms with Crippen LogP contribution in [0.3, 0.4) is 0 Å². The molecule has 1 heterocycles. The molecule has 1 unspecified atom stereocenters. The van der Waals surface area contributed by atoms with E-state index in [1.54, 1.807) is 13.0 Å². The number of thioether (sulfide) groups is 1. The van der Waals surface area contributed by atoms with Crippen LogP contribution in [0.2, 0.25) is 0 Å². The minimum atomic E-state index is -3.53. The van der Waals surface area contributed by atoms with Crippen molar-refractivity contribution in [1.82, 2.24) is 0 Å². The molecule has 0 aromatic carbocycles. The predicted octanol–water partition coefficient (Wildman–Crippen LogP) is 1.60. The fourth-order valence-corrected chi connectivity index (χ4v) is 4.93. The van der Waals surface area contributed by atoms with Crippen LogP contribution in [-0.2, 0) is 24.2 Å². The molecule has 2 aliphatic rings. The van der Waals surface area contributed by atoms with Gasteiger partial charge in [-0.3, -0.25) is 9.59 Å². The average molecular weight is 316 g/mol. The van der Waals surface area contributed by atoms with Crippen molar-refractivity contribution in [3.63, 3.8) is 0 Å². The van der Waals surface area contributed by atoms with Crippen molar-refractivity contribution in [1.29, 1.82) is 0 Å². The molecular weight excluding hydrogens is 300 g/mol. The molecule has 0 aromatic rings. The molecule has 5 nitrogen and oxygen atoms in total. The Balaban J connectivity index is 2.51. The first-order chi connectivity index (χ1) is 9.36. The van der Waals surface area contributed by atoms with E-state index in [0.29, 0.717) is 24.8 Å². The quantitative estimate of drug-likeness (QED) is 0.736. The maximum Gasteiger partial charge on any atom is 0.324 e. The van der Waals surface area contributed by atoms with Gasteiger partial charge in [0, 0.05) is 18.2 Å². The van der Waals surface area contributed by atoms with Crippen LogP contribution in [-0.4, -0.2) is 38.3 Å². The molecule has 1 aliphatic heterocycles. The number of carbonyl (C=O) groups excluding carboxylic acids is 2. The Bertz CT molecular complexity index is 613. The van der Waals surface area contributed by atoms with Gasteiger partial charge in [-0.1, -0.05) is 17.8 Å². The second kappa shape index (κ2) is 5.73. The number of fused-ring (bicyclic) bond motifs is 1. The smallest absolute Gasteiger partial charge is 0.324 e. The molecule has 0 bridgehead atoms. The summed E-state index contributed by atoms with van der Waals surface area (Å²) < 4.78 is 28.7. The lowest BCUT2D eigenvalue weighted by atomic mass is 10.0. The van der Waals surface area contributed by atoms with E-state index in [0.717, 1.165) is 18.0 Å². The zero-order chi connectivity index (χ0) is 14.9. The minimum absolute atomic E-state index is 0.00806. The van der Waals surface area contributed by atoms with Gasteiger partial charge in [-0.25, -0.2) is 8.42 Å². The van der Waals surface area contributed by atoms with Gasteiger partial charge in [-0.2, -0.15) is 0 Å². The molecular formula is C13H16O5S2. The Morgan fingerprint density at radius 3 is 2.80 bits per heavy atom. The van der Waals surface area contributed by atoms with Crippen molar-refractivity contribution in [2.75, 3.05) is 12.9 Å². The number of hydrogen-bond donors (Lipinski definition) is 0. The molecule has 1 atom stereocenters. The van der Waals surface area contributed by atoms with Crippen molar-refractivity contribution >= 4 is 33.4 Å². The zero-order valence-electron chi connectivity index (χ0n) is 11.3. The van der Waals surface area contributed by atoms with E-state index in [-0.39, 0.29) is 22.2 Å². The molecule has 110 valence electrons. The highest BCUT2D eigenvalue weighted by Crippen LogP contribution is 2.46. The summed E-state index contributed by atoms with van der Waals surface area (Å²) in [4.78, 5) is 24.1. The number of ether oxygens (including phenoxy) is 1. The molecule has 0 spiro atoms. The van der Waals surface area contributed by atoms with Gasteiger partial charge < -0.3 is 4.74 Å². The van der Waals surface area contributed by atoms with Crippen LogP contribution < -0.4 is 0 Å². The zero-order valence-corrected chi connectivity index (χ0v) is 13.0. The molecule has 2 rings (SSSR count). The second-order valence-corrected chi connectivity index (χ2v) is 7.99. The molecule has 1 aliphatic carbocycles. The van der Waals surface area contributed by atoms with E-state index >= 15 is 0 Å². The summed E-state index contributed by atoms with van der Waals surface area (Å²) in [6, 6.07) is 0. The third-order valence-electron chi connectivity index (χ3n) is 3.09. The first-order valence-electron chi connectivity index (χ1n) is 6.37. The fraction of sp³-hybridized carbons (Fsp3) is 0.538. The molecule has 0 N–H and O–H groups in total. The summed E-state index contributed by atoms with van der Waals surface area (Å²) in [6.07, 6.45) is 4.50. The lowest BCUT2D eigenvalue weighted by Crippen LogP contribution is -2.21. The Kier molecular flexibility index (Phi) is 4.39. The van der Waals surface area contributed by atoms with Crippen LogP contribution in [0, 0.1) is 0 Å². The standard InChI is InChI=1S/C13H16O5S2/c1-3-18-12(15)11-8-6-4-5-7-9(14)10(8)13(19-11)20(2,16)17/h6,11H,3-5,7H2,1-2H3. The lowest BCUT2D eigenvalue weighted by molar-refractivity contribution is -0.141. The summed E-state index contributed by atoms with van der Waals surface area (Å²) in [7, 11) is -3.53. The van der Waals surface area contributed by atoms with Crippen molar-refractivity contribution in [2.24, 2.45) is 0 Å². The van der Waals surface area contributed by atoms with E-state index in [1.807, 2.05) is 0 Å². The molecule has 0 saturated carbocycles. The van der Waals surface area contributed by atoms with Gasteiger partial charge in [0.1, 0.15) is 9.49 Å². The van der Waals surface area contributed by atoms with Crippen LogP contribution in [0.1, 0.15) is 26.2 Å². The predicted molar refractivity (Wildman–Crippen MR) is 76.8 cm³/mol. The number of sulfone groups is 1. The van der Waals surface area contributed by atoms with E-state index in [1.165, 1.54) is 0 Å². The Morgan fingerprint density at radius 1 is 1.50 bits per heavy atom. The summed E-state index contributed by atoms with van der Waals surface area (Å²) in [5.74, 6) is -0.692. The Hall–Kier alpha value is -1.08. The van der Waals surface area contributed by atoms with E-state index in [2.05, 4.69) is 0 Å². The van der Waals surface area contributed by atoms with E-state index in [4.69, 9.17) is 4.74 Å². The van der Waals surface area contributed by atoms with E-state index < -0.39 is 21.1 Å². The molecule has 0 fully saturated rings. The maximum absolute atomic E-state index is 12.2. The van der Waals surface area contributed by atoms with Gasteiger partial charge >= 0.3 is 5.97 Å². The summed E-state index contributed by atoms with van der Waals surface area (Å²) >= 11 is 0.912. The highest BCUT2D eigenvalue weighted by Gasteiger charge is 2.42. The van der Waals surface area contributed by atoms with Crippen molar-refractivity contribution in [2.45, 2.75) is 31.4 Å². The lowest BCUT2D eigenvalue weighted by Gasteiger charge is -2.11. The maximum atomic E-state index is 12.2. The van der Waals surface area contributed by atoms with E-state index in [9.17, 15) is 18.0 Å². The summed E-state index contributed by atoms with van der Waals surface area (Å²) in [5.41, 5.74) is 0.712. The summed E-state index contributed by atoms with van der Waals surface area (Å²) in [6.45, 7) is 1.91. The first kappa shape index (κ1) is 15.3. The third-order valence-corrected chi connectivity index (χ3v) is 6.26. The number of hydrogen-bond acceptors (Lipinski definition) is 6. The van der Waals surface area contributed by atoms with Crippen LogP contribution in [0.15, 0.2) is 21.5 Å². The fourth-order valence-electron chi connectivity index (χ4n) is 2.27. The largest absolute Gasteiger partial charge is 0.465 e. The van der Waals surface area contributed by atoms with Crippen molar-refractivity contribution < 1.29 is 22.7 Å². The number of allylic oxidation sites excluding steroid dienone is 2. The SMILES string of the molecule is CCOC(=O)C1SC(S(C)(=O)=O)=C2C(=O)CCCC=C21. The van der Waals surface area contributed by atoms with Gasteiger partial charge in [0.2, 0.25) is 0 Å². The van der Waals surface area contributed by atoms with Crippen molar-refractivity contribution in [3.05, 3.63) is 21.5 Å². The Labute approximate surface area is 122 Å². The third kappa shape index (κ3) is 2.83. The number of carbonyl (C=O) groups is 2. The molecule has 0 saturated heterocycles. The molecule has 0 radical (unpaired) electrons. The number of Topliss-reactive ketones (excluding diaryl/α,β-unsaturated/α-hetero) is 1. The van der Waals surface area contributed by atoms with Crippen LogP contribution in [0.5, 0.6) is 0 Å². The first-order valence-corrected chi connectivity index (χ1v) is 9.14. The number of ketones is 1. The average Bonchev–Trinajstić information content (AvgIpc) is 2.65. The van der Waals surface area contributed by atoms with Gasteiger partial charge in [0.25, 0.3) is 0 Å².